The summed E-state index contributed by atoms with van der Waals surface area (Å²) in [5.74, 6) is 0.961. The van der Waals surface area contributed by atoms with Crippen LogP contribution in [-0.4, -0.2) is 31.9 Å². The molecule has 0 atom stereocenters. The van der Waals surface area contributed by atoms with Gasteiger partial charge in [0.25, 0.3) is 5.91 Å². The van der Waals surface area contributed by atoms with E-state index in [4.69, 9.17) is 4.98 Å². The number of urea groups is 1. The molecule has 0 saturated carbocycles. The lowest BCUT2D eigenvalue weighted by Crippen LogP contribution is -2.27. The van der Waals surface area contributed by atoms with Crippen molar-refractivity contribution in [2.45, 2.75) is 36.1 Å². The number of halogens is 1. The van der Waals surface area contributed by atoms with E-state index >= 15 is 0 Å². The van der Waals surface area contributed by atoms with Gasteiger partial charge in [-0.1, -0.05) is 31.7 Å². The molecule has 0 aliphatic rings. The molecule has 13 heteroatoms. The van der Waals surface area contributed by atoms with Crippen LogP contribution in [0.15, 0.2) is 111 Å². The molecule has 3 amide bonds. The Balaban J connectivity index is 1.24. The minimum Gasteiger partial charge on any atom is -0.339 e. The number of carbonyl (C=O) groups excluding carboxylic acids is 2. The number of thiophene rings is 1. The Labute approximate surface area is 288 Å². The second-order valence-electron chi connectivity index (χ2n) is 10.6. The van der Waals surface area contributed by atoms with Gasteiger partial charge in [-0.15, -0.1) is 11.3 Å². The lowest BCUT2D eigenvalue weighted by atomic mass is 10.1. The van der Waals surface area contributed by atoms with Crippen LogP contribution in [-0.2, 0) is 6.54 Å². The molecule has 0 saturated heterocycles. The first-order valence-electron chi connectivity index (χ1n) is 14.6. The number of nitrogens with zero attached hydrogens (tertiary/aromatic N) is 4. The Morgan fingerprint density at radius 1 is 0.936 bits per heavy atom. The summed E-state index contributed by atoms with van der Waals surface area (Å²) in [6.07, 6.45) is 3.10. The highest BCUT2D eigenvalue weighted by atomic mass is 79.9. The zero-order valence-electron chi connectivity index (χ0n) is 25.3. The van der Waals surface area contributed by atoms with Gasteiger partial charge in [0.1, 0.15) is 18.0 Å². The van der Waals surface area contributed by atoms with Crippen LogP contribution in [0.1, 0.15) is 40.7 Å². The number of hydrogen-bond acceptors (Lipinski definition) is 9. The van der Waals surface area contributed by atoms with E-state index in [1.54, 1.807) is 35.7 Å². The van der Waals surface area contributed by atoms with Crippen molar-refractivity contribution >= 4 is 85.0 Å². The Kier molecular flexibility index (Phi) is 10.0. The zero-order chi connectivity index (χ0) is 32.8. The molecule has 4 aromatic heterocycles. The fourth-order valence-corrected chi connectivity index (χ4v) is 6.25. The number of benzene rings is 2. The summed E-state index contributed by atoms with van der Waals surface area (Å²) < 4.78 is 0.816. The van der Waals surface area contributed by atoms with E-state index in [1.807, 2.05) is 66.0 Å². The number of aromatic nitrogens is 4. The maximum Gasteiger partial charge on any atom is 0.319 e. The average molecular weight is 726 g/mol. The fourth-order valence-electron chi connectivity index (χ4n) is 4.49. The highest BCUT2D eigenvalue weighted by Crippen LogP contribution is 2.37. The normalized spacial score (nSPS) is 11.0. The predicted molar refractivity (Wildman–Crippen MR) is 192 cm³/mol. The summed E-state index contributed by atoms with van der Waals surface area (Å²) >= 11 is 6.47. The van der Waals surface area contributed by atoms with Gasteiger partial charge >= 0.3 is 6.03 Å². The highest BCUT2D eigenvalue weighted by Gasteiger charge is 2.15. The number of amides is 3. The van der Waals surface area contributed by atoms with Crippen LogP contribution in [0.5, 0.6) is 0 Å². The number of pyridine rings is 2. The number of carbonyl (C=O) groups is 2. The van der Waals surface area contributed by atoms with Crippen LogP contribution >= 0.6 is 39.0 Å². The molecule has 236 valence electrons. The summed E-state index contributed by atoms with van der Waals surface area (Å²) in [4.78, 5) is 46.4. The zero-order valence-corrected chi connectivity index (χ0v) is 28.5. The van der Waals surface area contributed by atoms with Crippen molar-refractivity contribution in [3.63, 3.8) is 0 Å². The van der Waals surface area contributed by atoms with Gasteiger partial charge in [-0.25, -0.2) is 24.7 Å². The van der Waals surface area contributed by atoms with Crippen LogP contribution in [0, 0.1) is 0 Å². The first-order valence-corrected chi connectivity index (χ1v) is 17.1. The summed E-state index contributed by atoms with van der Waals surface area (Å²) in [7, 11) is 0. The van der Waals surface area contributed by atoms with Gasteiger partial charge in [-0.2, -0.15) is 0 Å². The van der Waals surface area contributed by atoms with Crippen molar-refractivity contribution in [3.05, 3.63) is 117 Å². The van der Waals surface area contributed by atoms with Gasteiger partial charge in [0.05, 0.1) is 17.6 Å². The molecule has 2 aromatic carbocycles. The monoisotopic (exact) mass is 724 g/mol. The Morgan fingerprint density at radius 2 is 1.79 bits per heavy atom. The molecule has 6 aromatic rings. The molecule has 47 heavy (non-hydrogen) atoms. The predicted octanol–water partition coefficient (Wildman–Crippen LogP) is 8.84. The van der Waals surface area contributed by atoms with Gasteiger partial charge in [0.15, 0.2) is 5.65 Å². The quantitative estimate of drug-likeness (QED) is 0.110. The molecule has 0 aliphatic carbocycles. The van der Waals surface area contributed by atoms with Gasteiger partial charge in [0.2, 0.25) is 0 Å². The number of rotatable bonds is 10. The van der Waals surface area contributed by atoms with Gasteiger partial charge in [-0.05, 0) is 100 Å². The summed E-state index contributed by atoms with van der Waals surface area (Å²) in [5.41, 5.74) is 3.31. The molecule has 0 fully saturated rings. The lowest BCUT2D eigenvalue weighted by molar-refractivity contribution is 0.102. The lowest BCUT2D eigenvalue weighted by Gasteiger charge is -2.15. The third-order valence-electron chi connectivity index (χ3n) is 6.92. The third-order valence-corrected chi connectivity index (χ3v) is 9.35. The van der Waals surface area contributed by atoms with Gasteiger partial charge < -0.3 is 21.3 Å². The van der Waals surface area contributed by atoms with Crippen molar-refractivity contribution in [1.29, 1.82) is 0 Å². The number of anilines is 4. The molecular weight excluding hydrogens is 696 g/mol. The first-order chi connectivity index (χ1) is 22.8. The highest BCUT2D eigenvalue weighted by molar-refractivity contribution is 9.10. The molecule has 4 N–H and O–H groups in total. The van der Waals surface area contributed by atoms with Crippen LogP contribution in [0.25, 0.3) is 11.0 Å². The topological polar surface area (TPSA) is 134 Å². The SMILES string of the molecule is CC(C)c1ccc2c(Nc3cc(C(=O)Nc4ccc(Br)cn4)ccc3Sc3ccc(NC(=O)NCc4cccs4)cc3)ncnc2n1. The molecule has 6 rings (SSSR count). The van der Waals surface area contributed by atoms with Crippen molar-refractivity contribution < 1.29 is 9.59 Å². The maximum absolute atomic E-state index is 13.3. The Morgan fingerprint density at radius 3 is 2.53 bits per heavy atom. The molecule has 0 aliphatic heterocycles. The first kappa shape index (κ1) is 32.1. The van der Waals surface area contributed by atoms with E-state index in [9.17, 15) is 9.59 Å². The van der Waals surface area contributed by atoms with Crippen LogP contribution < -0.4 is 21.3 Å². The second-order valence-corrected chi connectivity index (χ2v) is 13.7. The van der Waals surface area contributed by atoms with Crippen LogP contribution in [0.3, 0.4) is 0 Å². The van der Waals surface area contributed by atoms with Gasteiger partial charge in [0, 0.05) is 42.3 Å². The molecular formula is C34H29BrN8O2S2. The van der Waals surface area contributed by atoms with E-state index in [0.29, 0.717) is 40.8 Å². The smallest absolute Gasteiger partial charge is 0.319 e. The third kappa shape index (κ3) is 8.30. The largest absolute Gasteiger partial charge is 0.339 e. The molecule has 10 nitrogen and oxygen atoms in total. The molecule has 0 radical (unpaired) electrons. The summed E-state index contributed by atoms with van der Waals surface area (Å²) in [6, 6.07) is 24.1. The van der Waals surface area contributed by atoms with E-state index in [2.05, 4.69) is 66.0 Å². The Hall–Kier alpha value is -4.85. The van der Waals surface area contributed by atoms with Crippen molar-refractivity contribution in [2.75, 3.05) is 16.0 Å². The maximum atomic E-state index is 13.3. The average Bonchev–Trinajstić information content (AvgIpc) is 3.60. The minimum atomic E-state index is -0.303. The van der Waals surface area contributed by atoms with Crippen molar-refractivity contribution in [2.24, 2.45) is 0 Å². The molecule has 0 bridgehead atoms. The van der Waals surface area contributed by atoms with Crippen LogP contribution in [0.4, 0.5) is 27.8 Å². The van der Waals surface area contributed by atoms with Crippen molar-refractivity contribution in [3.8, 4) is 0 Å². The van der Waals surface area contributed by atoms with E-state index < -0.39 is 0 Å². The number of hydrogen-bond donors (Lipinski definition) is 4. The summed E-state index contributed by atoms with van der Waals surface area (Å²) in [5, 5.41) is 14.8. The van der Waals surface area contributed by atoms with E-state index in [0.717, 1.165) is 30.2 Å². The Bertz CT molecular complexity index is 2020. The number of nitrogens with one attached hydrogen (secondary N) is 4. The van der Waals surface area contributed by atoms with Crippen LogP contribution in [0.2, 0.25) is 0 Å². The standard InChI is InChI=1S/C34H29BrN8O2S2/c1-20(2)27-12-11-26-31(41-27)38-19-39-32(26)42-28-16-21(33(44)43-30-14-6-22(35)17-36-30)5-13-29(28)47-24-9-7-23(8-10-24)40-34(45)37-18-25-4-3-15-46-25/h3-17,19-20H,18H2,1-2H3,(H,36,43,44)(H2,37,40,45)(H,38,39,41,42). The number of fused-ring (bicyclic) bond motifs is 1. The van der Waals surface area contributed by atoms with E-state index in [1.165, 1.54) is 18.1 Å². The molecule has 0 unspecified atom stereocenters. The summed E-state index contributed by atoms with van der Waals surface area (Å²) in [6.45, 7) is 4.64. The van der Waals surface area contributed by atoms with Gasteiger partial charge in [-0.3, -0.25) is 4.79 Å². The molecule has 4 heterocycles. The second kappa shape index (κ2) is 14.7. The molecule has 0 spiro atoms. The fraction of sp³-hybridized carbons (Fsp3) is 0.118. The van der Waals surface area contributed by atoms with E-state index in [-0.39, 0.29) is 17.9 Å². The van der Waals surface area contributed by atoms with Crippen molar-refractivity contribution in [1.82, 2.24) is 25.3 Å². The minimum absolute atomic E-state index is 0.256.